The van der Waals surface area contributed by atoms with Crippen LogP contribution in [0.2, 0.25) is 0 Å². The van der Waals surface area contributed by atoms with Crippen molar-refractivity contribution in [3.05, 3.63) is 59.2 Å². The summed E-state index contributed by atoms with van der Waals surface area (Å²) < 4.78 is 5.67. The maximum Gasteiger partial charge on any atom is 0.265 e. The van der Waals surface area contributed by atoms with E-state index in [9.17, 15) is 9.59 Å². The van der Waals surface area contributed by atoms with Crippen molar-refractivity contribution in [2.45, 2.75) is 26.0 Å². The smallest absolute Gasteiger partial charge is 0.265 e. The van der Waals surface area contributed by atoms with Crippen molar-refractivity contribution in [1.82, 2.24) is 10.2 Å². The zero-order chi connectivity index (χ0) is 19.6. The van der Waals surface area contributed by atoms with Gasteiger partial charge in [0.2, 0.25) is 0 Å². The topological polar surface area (TPSA) is 70.7 Å². The fraction of sp³-hybridized carbons (Fsp3) is 0.333. The van der Waals surface area contributed by atoms with Crippen LogP contribution in [0.15, 0.2) is 42.5 Å². The number of carbonyl (C=O) groups excluding carboxylic acids is 2. The van der Waals surface area contributed by atoms with Crippen LogP contribution in [-0.2, 0) is 4.79 Å². The molecule has 0 fully saturated rings. The second-order valence-corrected chi connectivity index (χ2v) is 7.03. The molecule has 0 saturated heterocycles. The Bertz CT molecular complexity index is 846. The van der Waals surface area contributed by atoms with E-state index in [-0.39, 0.29) is 17.9 Å². The lowest BCUT2D eigenvalue weighted by molar-refractivity contribution is -0.122. The van der Waals surface area contributed by atoms with Crippen LogP contribution < -0.4 is 15.4 Å². The van der Waals surface area contributed by atoms with E-state index in [4.69, 9.17) is 4.74 Å². The molecule has 2 amide bonds. The molecule has 0 aliphatic carbocycles. The highest BCUT2D eigenvalue weighted by Crippen LogP contribution is 2.33. The summed E-state index contributed by atoms with van der Waals surface area (Å²) in [6.07, 6.45) is -0.631. The standard InChI is InChI=1S/C21H25N3O3/c1-13-8-10-15(11-9-13)18(24(3)4)12-22-21(26)16-6-5-7-17-19(16)27-14(2)20(25)23-17/h5-11,14,18H,12H2,1-4H3,(H,22,26)(H,23,25). The van der Waals surface area contributed by atoms with Gasteiger partial charge in [0.15, 0.2) is 11.9 Å². The van der Waals surface area contributed by atoms with E-state index in [1.54, 1.807) is 25.1 Å². The molecule has 0 aromatic heterocycles. The molecule has 2 N–H and O–H groups in total. The quantitative estimate of drug-likeness (QED) is 0.853. The van der Waals surface area contributed by atoms with Gasteiger partial charge in [0.25, 0.3) is 11.8 Å². The highest BCUT2D eigenvalue weighted by Gasteiger charge is 2.28. The number of likely N-dealkylation sites (N-methyl/N-ethyl adjacent to an activating group) is 1. The van der Waals surface area contributed by atoms with Crippen molar-refractivity contribution >= 4 is 17.5 Å². The Morgan fingerprint density at radius 2 is 1.93 bits per heavy atom. The van der Waals surface area contributed by atoms with Crippen molar-refractivity contribution in [2.24, 2.45) is 0 Å². The van der Waals surface area contributed by atoms with Gasteiger partial charge in [-0.25, -0.2) is 0 Å². The van der Waals surface area contributed by atoms with E-state index in [0.29, 0.717) is 23.5 Å². The Morgan fingerprint density at radius 1 is 1.22 bits per heavy atom. The lowest BCUT2D eigenvalue weighted by Gasteiger charge is -2.27. The van der Waals surface area contributed by atoms with Crippen molar-refractivity contribution in [1.29, 1.82) is 0 Å². The second-order valence-electron chi connectivity index (χ2n) is 7.03. The minimum absolute atomic E-state index is 0.0497. The molecule has 2 unspecified atom stereocenters. The highest BCUT2D eigenvalue weighted by atomic mass is 16.5. The molecule has 0 radical (unpaired) electrons. The molecule has 1 aliphatic heterocycles. The summed E-state index contributed by atoms with van der Waals surface area (Å²) in [5.74, 6) is -0.0277. The normalized spacial score (nSPS) is 16.9. The average Bonchev–Trinajstić information content (AvgIpc) is 2.63. The van der Waals surface area contributed by atoms with Gasteiger partial charge in [-0.05, 0) is 45.6 Å². The molecule has 6 heteroatoms. The number of nitrogens with zero attached hydrogens (tertiary/aromatic N) is 1. The maximum atomic E-state index is 12.8. The fourth-order valence-electron chi connectivity index (χ4n) is 3.08. The van der Waals surface area contributed by atoms with Gasteiger partial charge in [-0.1, -0.05) is 35.9 Å². The van der Waals surface area contributed by atoms with Gasteiger partial charge in [0, 0.05) is 6.54 Å². The average molecular weight is 367 g/mol. The number of ether oxygens (including phenoxy) is 1. The van der Waals surface area contributed by atoms with Crippen molar-refractivity contribution in [3.8, 4) is 5.75 Å². The van der Waals surface area contributed by atoms with E-state index < -0.39 is 6.10 Å². The molecule has 142 valence electrons. The lowest BCUT2D eigenvalue weighted by Crippen LogP contribution is -2.37. The number of hydrogen-bond acceptors (Lipinski definition) is 4. The SMILES string of the molecule is Cc1ccc(C(CNC(=O)c2cccc3c2OC(C)C(=O)N3)N(C)C)cc1. The lowest BCUT2D eigenvalue weighted by atomic mass is 10.0. The number of rotatable bonds is 5. The zero-order valence-corrected chi connectivity index (χ0v) is 16.1. The monoisotopic (exact) mass is 367 g/mol. The first kappa shape index (κ1) is 18.9. The Labute approximate surface area is 159 Å². The third-order valence-corrected chi connectivity index (χ3v) is 4.72. The van der Waals surface area contributed by atoms with Gasteiger partial charge in [0.1, 0.15) is 0 Å². The van der Waals surface area contributed by atoms with E-state index in [0.717, 1.165) is 5.56 Å². The van der Waals surface area contributed by atoms with Gasteiger partial charge in [-0.3, -0.25) is 9.59 Å². The van der Waals surface area contributed by atoms with Crippen molar-refractivity contribution in [2.75, 3.05) is 26.0 Å². The summed E-state index contributed by atoms with van der Waals surface area (Å²) in [5, 5.41) is 5.76. The van der Waals surface area contributed by atoms with E-state index in [1.165, 1.54) is 5.56 Å². The van der Waals surface area contributed by atoms with Gasteiger partial charge in [-0.2, -0.15) is 0 Å². The summed E-state index contributed by atoms with van der Waals surface area (Å²) in [6.45, 7) is 4.17. The number of benzene rings is 2. The molecule has 0 saturated carbocycles. The fourth-order valence-corrected chi connectivity index (χ4v) is 3.08. The summed E-state index contributed by atoms with van der Waals surface area (Å²) in [4.78, 5) is 26.6. The molecule has 2 aromatic rings. The largest absolute Gasteiger partial charge is 0.478 e. The van der Waals surface area contributed by atoms with E-state index in [1.807, 2.05) is 14.1 Å². The second kappa shape index (κ2) is 7.80. The number of aryl methyl sites for hydroxylation is 1. The first-order valence-electron chi connectivity index (χ1n) is 8.98. The van der Waals surface area contributed by atoms with Crippen LogP contribution in [0.5, 0.6) is 5.75 Å². The van der Waals surface area contributed by atoms with Crippen LogP contribution >= 0.6 is 0 Å². The number of para-hydroxylation sites is 1. The van der Waals surface area contributed by atoms with Crippen LogP contribution in [0.4, 0.5) is 5.69 Å². The number of hydrogen-bond donors (Lipinski definition) is 2. The number of fused-ring (bicyclic) bond motifs is 1. The van der Waals surface area contributed by atoms with Crippen molar-refractivity contribution < 1.29 is 14.3 Å². The van der Waals surface area contributed by atoms with Crippen LogP contribution in [0, 0.1) is 6.92 Å². The molecule has 0 bridgehead atoms. The van der Waals surface area contributed by atoms with Crippen LogP contribution in [-0.4, -0.2) is 43.5 Å². The highest BCUT2D eigenvalue weighted by molar-refractivity contribution is 6.03. The minimum atomic E-state index is -0.631. The molecule has 1 heterocycles. The van der Waals surface area contributed by atoms with Gasteiger partial charge < -0.3 is 20.3 Å². The van der Waals surface area contributed by atoms with Crippen molar-refractivity contribution in [3.63, 3.8) is 0 Å². The Hall–Kier alpha value is -2.86. The number of anilines is 1. The molecule has 1 aliphatic rings. The Balaban J connectivity index is 1.76. The van der Waals surface area contributed by atoms with Gasteiger partial charge >= 0.3 is 0 Å². The molecular weight excluding hydrogens is 342 g/mol. The molecule has 3 rings (SSSR count). The van der Waals surface area contributed by atoms with Crippen LogP contribution in [0.25, 0.3) is 0 Å². The third-order valence-electron chi connectivity index (χ3n) is 4.72. The molecule has 27 heavy (non-hydrogen) atoms. The first-order chi connectivity index (χ1) is 12.9. The van der Waals surface area contributed by atoms with Gasteiger partial charge in [0.05, 0.1) is 17.3 Å². The Morgan fingerprint density at radius 3 is 2.59 bits per heavy atom. The zero-order valence-electron chi connectivity index (χ0n) is 16.1. The molecule has 2 atom stereocenters. The summed E-state index contributed by atoms with van der Waals surface area (Å²) in [7, 11) is 3.97. The summed E-state index contributed by atoms with van der Waals surface area (Å²) >= 11 is 0. The third kappa shape index (κ3) is 4.11. The minimum Gasteiger partial charge on any atom is -0.478 e. The van der Waals surface area contributed by atoms with Gasteiger partial charge in [-0.15, -0.1) is 0 Å². The molecule has 6 nitrogen and oxygen atoms in total. The van der Waals surface area contributed by atoms with E-state index >= 15 is 0 Å². The predicted molar refractivity (Wildman–Crippen MR) is 105 cm³/mol. The predicted octanol–water partition coefficient (Wildman–Crippen LogP) is 2.75. The molecule has 0 spiro atoms. The summed E-state index contributed by atoms with van der Waals surface area (Å²) in [5.41, 5.74) is 3.27. The molecular formula is C21H25N3O3. The maximum absolute atomic E-state index is 12.8. The Kier molecular flexibility index (Phi) is 5.46. The number of amides is 2. The van der Waals surface area contributed by atoms with Crippen LogP contribution in [0.3, 0.4) is 0 Å². The number of carbonyl (C=O) groups is 2. The summed E-state index contributed by atoms with van der Waals surface area (Å²) in [6, 6.07) is 13.5. The number of nitrogens with one attached hydrogen (secondary N) is 2. The van der Waals surface area contributed by atoms with Crippen LogP contribution in [0.1, 0.15) is 34.5 Å². The first-order valence-corrected chi connectivity index (χ1v) is 8.98. The molecule has 2 aromatic carbocycles. The van der Waals surface area contributed by atoms with E-state index in [2.05, 4.69) is 46.7 Å².